The number of nitrogens with one attached hydrogen (secondary N) is 4. The second-order valence-electron chi connectivity index (χ2n) is 6.40. The van der Waals surface area contributed by atoms with E-state index in [2.05, 4.69) is 21.3 Å². The average Bonchev–Trinajstić information content (AvgIpc) is 2.72. The highest BCUT2D eigenvalue weighted by molar-refractivity contribution is 7.80. The molecule has 2 aromatic carbocycles. The van der Waals surface area contributed by atoms with Crippen LogP contribution in [0.25, 0.3) is 21.8 Å². The topological polar surface area (TPSA) is 114 Å². The van der Waals surface area contributed by atoms with Gasteiger partial charge in [0.15, 0.2) is 10.2 Å². The highest BCUT2D eigenvalue weighted by Crippen LogP contribution is 2.24. The van der Waals surface area contributed by atoms with E-state index in [1.807, 2.05) is 42.5 Å². The van der Waals surface area contributed by atoms with Crippen molar-refractivity contribution in [3.63, 3.8) is 0 Å². The van der Waals surface area contributed by atoms with Crippen LogP contribution in [0.2, 0.25) is 0 Å². The first-order chi connectivity index (χ1) is 15.4. The molecular weight excluding hydrogens is 450 g/mol. The first-order valence-corrected chi connectivity index (χ1v) is 10.5. The summed E-state index contributed by atoms with van der Waals surface area (Å²) in [6, 6.07) is 13.1. The van der Waals surface area contributed by atoms with Gasteiger partial charge in [-0.05, 0) is 68.6 Å². The predicted octanol–water partition coefficient (Wildman–Crippen LogP) is 4.27. The number of anilines is 2. The smallest absolute Gasteiger partial charge is 0.413 e. The minimum Gasteiger partial charge on any atom is -0.450 e. The van der Waals surface area contributed by atoms with E-state index in [0.717, 1.165) is 21.8 Å². The van der Waals surface area contributed by atoms with Gasteiger partial charge in [-0.1, -0.05) is 12.1 Å². The van der Waals surface area contributed by atoms with Gasteiger partial charge in [-0.25, -0.2) is 14.6 Å². The van der Waals surface area contributed by atoms with E-state index in [4.69, 9.17) is 38.9 Å². The maximum atomic E-state index is 11.5. The molecule has 3 rings (SSSR count). The molecule has 0 bridgehead atoms. The van der Waals surface area contributed by atoms with Crippen LogP contribution in [0.5, 0.6) is 0 Å². The first kappa shape index (κ1) is 23.1. The Kier molecular flexibility index (Phi) is 7.68. The van der Waals surface area contributed by atoms with Crippen molar-refractivity contribution in [3.05, 3.63) is 42.5 Å². The van der Waals surface area contributed by atoms with Crippen molar-refractivity contribution in [2.45, 2.75) is 13.8 Å². The molecule has 3 aromatic rings. The number of alkyl carbamates (subject to hydrolysis) is 2. The standard InChI is InChI=1S/C21H21N5O4S2/c1-3-29-20(27)25-18(31)22-14-7-5-12-9-13-6-8-15(11-17(13)24-16(12)10-14)23-19(32)26-21(28)30-4-2/h5-11H,3-4H2,1-2H3,(H2,22,25,27,31)(H2,23,26,28,32). The van der Waals surface area contributed by atoms with Gasteiger partial charge >= 0.3 is 12.2 Å². The monoisotopic (exact) mass is 471 g/mol. The lowest BCUT2D eigenvalue weighted by atomic mass is 10.1. The second-order valence-corrected chi connectivity index (χ2v) is 7.22. The largest absolute Gasteiger partial charge is 0.450 e. The first-order valence-electron chi connectivity index (χ1n) is 9.72. The molecule has 1 heterocycles. The Morgan fingerprint density at radius 2 is 1.22 bits per heavy atom. The molecule has 0 aliphatic rings. The molecule has 0 unspecified atom stereocenters. The van der Waals surface area contributed by atoms with E-state index < -0.39 is 12.2 Å². The Morgan fingerprint density at radius 1 is 0.781 bits per heavy atom. The summed E-state index contributed by atoms with van der Waals surface area (Å²) in [4.78, 5) is 27.7. The average molecular weight is 472 g/mol. The van der Waals surface area contributed by atoms with Crippen molar-refractivity contribution in [2.24, 2.45) is 0 Å². The Morgan fingerprint density at radius 3 is 1.62 bits per heavy atom. The molecule has 32 heavy (non-hydrogen) atoms. The lowest BCUT2D eigenvalue weighted by Gasteiger charge is -2.11. The molecular formula is C21H21N5O4S2. The van der Waals surface area contributed by atoms with Crippen molar-refractivity contribution in [1.82, 2.24) is 15.6 Å². The summed E-state index contributed by atoms with van der Waals surface area (Å²) in [5, 5.41) is 12.9. The zero-order valence-electron chi connectivity index (χ0n) is 17.4. The molecule has 0 fully saturated rings. The number of carbonyl (C=O) groups excluding carboxylic acids is 2. The minimum atomic E-state index is -0.620. The highest BCUT2D eigenvalue weighted by Gasteiger charge is 2.08. The van der Waals surface area contributed by atoms with Gasteiger partial charge in [0.2, 0.25) is 0 Å². The number of pyridine rings is 1. The van der Waals surface area contributed by atoms with E-state index in [1.54, 1.807) is 13.8 Å². The lowest BCUT2D eigenvalue weighted by molar-refractivity contribution is 0.157. The third-order valence-corrected chi connectivity index (χ3v) is 4.52. The van der Waals surface area contributed by atoms with Crippen molar-refractivity contribution >= 4 is 80.0 Å². The fraction of sp³-hybridized carbons (Fsp3) is 0.190. The van der Waals surface area contributed by atoms with E-state index in [1.165, 1.54) is 0 Å². The number of thiocarbonyl (C=S) groups is 2. The zero-order chi connectivity index (χ0) is 23.1. The zero-order valence-corrected chi connectivity index (χ0v) is 19.0. The molecule has 0 saturated heterocycles. The quantitative estimate of drug-likeness (QED) is 0.327. The number of fused-ring (bicyclic) bond motifs is 2. The fourth-order valence-corrected chi connectivity index (χ4v) is 3.22. The predicted molar refractivity (Wildman–Crippen MR) is 132 cm³/mol. The maximum Gasteiger partial charge on any atom is 0.413 e. The summed E-state index contributed by atoms with van der Waals surface area (Å²) in [5.41, 5.74) is 2.79. The summed E-state index contributed by atoms with van der Waals surface area (Å²) in [7, 11) is 0. The Labute approximate surface area is 194 Å². The lowest BCUT2D eigenvalue weighted by Crippen LogP contribution is -2.34. The van der Waals surface area contributed by atoms with Gasteiger partial charge in [-0.15, -0.1) is 0 Å². The van der Waals surface area contributed by atoms with E-state index in [0.29, 0.717) is 11.4 Å². The molecule has 0 radical (unpaired) electrons. The molecule has 0 aliphatic carbocycles. The number of hydrogen-bond donors (Lipinski definition) is 4. The number of benzene rings is 2. The van der Waals surface area contributed by atoms with E-state index in [-0.39, 0.29) is 23.4 Å². The van der Waals surface area contributed by atoms with Crippen LogP contribution in [0, 0.1) is 0 Å². The van der Waals surface area contributed by atoms with Crippen LogP contribution in [0.4, 0.5) is 21.0 Å². The third kappa shape index (κ3) is 6.22. The fourth-order valence-electron chi connectivity index (χ4n) is 2.82. The molecule has 2 amide bonds. The van der Waals surface area contributed by atoms with Crippen LogP contribution in [-0.4, -0.2) is 40.6 Å². The molecule has 9 nitrogen and oxygen atoms in total. The summed E-state index contributed by atoms with van der Waals surface area (Å²) >= 11 is 10.3. The van der Waals surface area contributed by atoms with Gasteiger partial charge in [-0.3, -0.25) is 10.6 Å². The van der Waals surface area contributed by atoms with Gasteiger partial charge in [0.05, 0.1) is 24.2 Å². The van der Waals surface area contributed by atoms with Gasteiger partial charge in [0, 0.05) is 22.1 Å². The van der Waals surface area contributed by atoms with Crippen LogP contribution >= 0.6 is 24.4 Å². The molecule has 0 saturated carbocycles. The number of amides is 2. The Balaban J connectivity index is 1.77. The van der Waals surface area contributed by atoms with Crippen LogP contribution < -0.4 is 21.3 Å². The molecule has 0 aliphatic heterocycles. The molecule has 11 heteroatoms. The minimum absolute atomic E-state index is 0.123. The SMILES string of the molecule is CCOC(=O)NC(=S)Nc1ccc2cc3ccc(NC(=S)NC(=O)OCC)cc3nc2c1. The number of aromatic nitrogens is 1. The number of ether oxygens (including phenoxy) is 2. The van der Waals surface area contributed by atoms with Crippen molar-refractivity contribution in [1.29, 1.82) is 0 Å². The number of carbonyl (C=O) groups is 2. The maximum absolute atomic E-state index is 11.5. The van der Waals surface area contributed by atoms with Gasteiger partial charge in [0.1, 0.15) is 0 Å². The van der Waals surface area contributed by atoms with Gasteiger partial charge < -0.3 is 20.1 Å². The van der Waals surface area contributed by atoms with Crippen LogP contribution in [-0.2, 0) is 9.47 Å². The molecule has 0 atom stereocenters. The number of hydrogen-bond acceptors (Lipinski definition) is 7. The van der Waals surface area contributed by atoms with Gasteiger partial charge in [-0.2, -0.15) is 0 Å². The molecule has 0 spiro atoms. The highest BCUT2D eigenvalue weighted by atomic mass is 32.1. The Bertz CT molecular complexity index is 1110. The summed E-state index contributed by atoms with van der Waals surface area (Å²) < 4.78 is 9.61. The molecule has 4 N–H and O–H groups in total. The van der Waals surface area contributed by atoms with Crippen molar-refractivity contribution in [2.75, 3.05) is 23.8 Å². The summed E-state index contributed by atoms with van der Waals surface area (Å²) in [5.74, 6) is 0. The normalized spacial score (nSPS) is 10.3. The van der Waals surface area contributed by atoms with Crippen LogP contribution in [0.1, 0.15) is 13.8 Å². The molecule has 1 aromatic heterocycles. The number of nitrogens with zero attached hydrogens (tertiary/aromatic N) is 1. The van der Waals surface area contributed by atoms with E-state index >= 15 is 0 Å². The summed E-state index contributed by atoms with van der Waals surface area (Å²) in [6.07, 6.45) is -1.24. The van der Waals surface area contributed by atoms with Crippen LogP contribution in [0.15, 0.2) is 42.5 Å². The van der Waals surface area contributed by atoms with Crippen LogP contribution in [0.3, 0.4) is 0 Å². The summed E-state index contributed by atoms with van der Waals surface area (Å²) in [6.45, 7) is 3.92. The van der Waals surface area contributed by atoms with Gasteiger partial charge in [0.25, 0.3) is 0 Å². The molecule has 166 valence electrons. The Hall–Kier alpha value is -3.57. The van der Waals surface area contributed by atoms with E-state index in [9.17, 15) is 9.59 Å². The van der Waals surface area contributed by atoms with Crippen molar-refractivity contribution < 1.29 is 19.1 Å². The van der Waals surface area contributed by atoms with Crippen molar-refractivity contribution in [3.8, 4) is 0 Å². The number of rotatable bonds is 4. The second kappa shape index (κ2) is 10.6. The third-order valence-electron chi connectivity index (χ3n) is 4.11.